The van der Waals surface area contributed by atoms with E-state index in [9.17, 15) is 5.11 Å². The van der Waals surface area contributed by atoms with Gasteiger partial charge in [0.05, 0.1) is 5.60 Å². The van der Waals surface area contributed by atoms with Crippen LogP contribution in [-0.4, -0.2) is 28.7 Å². The Bertz CT molecular complexity index is 727. The second kappa shape index (κ2) is 6.76. The molecule has 1 saturated heterocycles. The first-order chi connectivity index (χ1) is 13.5. The molecule has 0 aromatic carbocycles. The maximum absolute atomic E-state index is 12.0. The van der Waals surface area contributed by atoms with Crippen molar-refractivity contribution in [1.29, 1.82) is 0 Å². The number of fused-ring (bicyclic) bond motifs is 4. The van der Waals surface area contributed by atoms with Gasteiger partial charge in [0.1, 0.15) is 0 Å². The summed E-state index contributed by atoms with van der Waals surface area (Å²) < 4.78 is 0. The van der Waals surface area contributed by atoms with Gasteiger partial charge >= 0.3 is 0 Å². The van der Waals surface area contributed by atoms with Gasteiger partial charge in [-0.25, -0.2) is 0 Å². The van der Waals surface area contributed by atoms with Crippen molar-refractivity contribution in [3.05, 3.63) is 35.1 Å². The second-order valence-corrected chi connectivity index (χ2v) is 10.5. The molecule has 5 rings (SSSR count). The van der Waals surface area contributed by atoms with Crippen molar-refractivity contribution >= 4 is 0 Å². The van der Waals surface area contributed by atoms with Crippen LogP contribution in [-0.2, 0) is 0 Å². The number of likely N-dealkylation sites (tertiary alicyclic amines) is 1. The van der Waals surface area contributed by atoms with Gasteiger partial charge in [0.15, 0.2) is 0 Å². The molecule has 0 radical (unpaired) electrons. The summed E-state index contributed by atoms with van der Waals surface area (Å²) in [4.78, 5) is 2.63. The molecular formula is C26H39NO. The van der Waals surface area contributed by atoms with Crippen LogP contribution < -0.4 is 0 Å². The fourth-order valence-corrected chi connectivity index (χ4v) is 8.17. The van der Waals surface area contributed by atoms with Gasteiger partial charge in [0.25, 0.3) is 0 Å². The first-order valence-electron chi connectivity index (χ1n) is 12.1. The second-order valence-electron chi connectivity index (χ2n) is 10.5. The summed E-state index contributed by atoms with van der Waals surface area (Å²) in [6.45, 7) is 11.6. The van der Waals surface area contributed by atoms with E-state index >= 15 is 0 Å². The van der Waals surface area contributed by atoms with Crippen molar-refractivity contribution in [3.8, 4) is 0 Å². The third kappa shape index (κ3) is 2.56. The van der Waals surface area contributed by atoms with E-state index in [4.69, 9.17) is 0 Å². The molecule has 28 heavy (non-hydrogen) atoms. The third-order valence-corrected chi connectivity index (χ3v) is 9.60. The molecule has 1 aliphatic heterocycles. The van der Waals surface area contributed by atoms with E-state index in [1.54, 1.807) is 16.8 Å². The van der Waals surface area contributed by atoms with E-state index in [0.29, 0.717) is 11.8 Å². The number of hydrogen-bond donors (Lipinski definition) is 1. The zero-order valence-electron chi connectivity index (χ0n) is 18.1. The molecule has 5 atom stereocenters. The van der Waals surface area contributed by atoms with E-state index in [0.717, 1.165) is 25.2 Å². The minimum atomic E-state index is -0.537. The van der Waals surface area contributed by atoms with Gasteiger partial charge in [-0.15, -0.1) is 0 Å². The van der Waals surface area contributed by atoms with Crippen LogP contribution in [0.4, 0.5) is 0 Å². The smallest absolute Gasteiger partial charge is 0.0721 e. The highest BCUT2D eigenvalue weighted by molar-refractivity contribution is 5.40. The van der Waals surface area contributed by atoms with Crippen LogP contribution in [0.3, 0.4) is 0 Å². The maximum atomic E-state index is 12.0. The van der Waals surface area contributed by atoms with Gasteiger partial charge in [-0.2, -0.15) is 0 Å². The normalized spacial score (nSPS) is 43.0. The van der Waals surface area contributed by atoms with Gasteiger partial charge in [-0.3, -0.25) is 0 Å². The molecule has 0 spiro atoms. The largest absolute Gasteiger partial charge is 0.389 e. The fraction of sp³-hybridized carbons (Fsp3) is 0.769. The average molecular weight is 382 g/mol. The lowest BCUT2D eigenvalue weighted by Gasteiger charge is -2.59. The molecular weight excluding hydrogens is 342 g/mol. The highest BCUT2D eigenvalue weighted by atomic mass is 16.3. The van der Waals surface area contributed by atoms with Crippen molar-refractivity contribution in [2.45, 2.75) is 90.1 Å². The number of nitrogens with zero attached hydrogens (tertiary/aromatic N) is 1. The number of aliphatic hydroxyl groups is 1. The van der Waals surface area contributed by atoms with E-state index in [2.05, 4.69) is 31.4 Å². The summed E-state index contributed by atoms with van der Waals surface area (Å²) in [6, 6.07) is 0. The Labute approximate surface area is 171 Å². The molecule has 4 unspecified atom stereocenters. The van der Waals surface area contributed by atoms with E-state index in [1.807, 2.05) is 0 Å². The molecule has 5 aliphatic rings. The minimum Gasteiger partial charge on any atom is -0.389 e. The summed E-state index contributed by atoms with van der Waals surface area (Å²) in [5.74, 6) is 1.81. The molecule has 0 aromatic heterocycles. The van der Waals surface area contributed by atoms with Gasteiger partial charge < -0.3 is 10.0 Å². The zero-order valence-corrected chi connectivity index (χ0v) is 18.1. The summed E-state index contributed by atoms with van der Waals surface area (Å²) in [7, 11) is 0. The summed E-state index contributed by atoms with van der Waals surface area (Å²) in [5, 5.41) is 12.0. The third-order valence-electron chi connectivity index (χ3n) is 9.60. The standard InChI is InChI=1S/C26H39NO/c1-4-25-17-26(28,5-2)24-21-12-10-20(27-14-6-7-15-27)16-19(21)9-11-22(24)23(25)13-8-18(25)3/h16,22-24,28H,3-15,17H2,1-2H3/t22?,23?,24?,25-,26?/m1/s1. The van der Waals surface area contributed by atoms with Crippen molar-refractivity contribution in [2.75, 3.05) is 13.1 Å². The highest BCUT2D eigenvalue weighted by Crippen LogP contribution is 2.67. The van der Waals surface area contributed by atoms with Gasteiger partial charge in [-0.1, -0.05) is 31.6 Å². The maximum Gasteiger partial charge on any atom is 0.0721 e. The fourth-order valence-electron chi connectivity index (χ4n) is 8.17. The lowest BCUT2D eigenvalue weighted by Crippen LogP contribution is -2.57. The Kier molecular flexibility index (Phi) is 4.58. The summed E-state index contributed by atoms with van der Waals surface area (Å²) in [5.41, 5.74) is 5.94. The average Bonchev–Trinajstić information content (AvgIpc) is 3.36. The molecule has 3 fully saturated rings. The van der Waals surface area contributed by atoms with Gasteiger partial charge in [0, 0.05) is 24.7 Å². The predicted octanol–water partition coefficient (Wildman–Crippen LogP) is 5.99. The first kappa shape index (κ1) is 19.0. The molecule has 2 saturated carbocycles. The Hall–Kier alpha value is -1.02. The van der Waals surface area contributed by atoms with Crippen LogP contribution in [0.1, 0.15) is 84.5 Å². The van der Waals surface area contributed by atoms with Crippen molar-refractivity contribution in [1.82, 2.24) is 4.90 Å². The van der Waals surface area contributed by atoms with Crippen LogP contribution in [0.2, 0.25) is 0 Å². The lowest BCUT2D eigenvalue weighted by molar-refractivity contribution is -0.130. The van der Waals surface area contributed by atoms with Crippen molar-refractivity contribution < 1.29 is 5.11 Å². The van der Waals surface area contributed by atoms with E-state index in [1.165, 1.54) is 70.0 Å². The minimum absolute atomic E-state index is 0.204. The number of hydrogen-bond acceptors (Lipinski definition) is 2. The van der Waals surface area contributed by atoms with Crippen LogP contribution in [0.25, 0.3) is 0 Å². The summed E-state index contributed by atoms with van der Waals surface area (Å²) >= 11 is 0. The Morgan fingerprint density at radius 3 is 2.57 bits per heavy atom. The topological polar surface area (TPSA) is 23.5 Å². The quantitative estimate of drug-likeness (QED) is 0.607. The van der Waals surface area contributed by atoms with Crippen LogP contribution >= 0.6 is 0 Å². The molecule has 2 heteroatoms. The Morgan fingerprint density at radius 1 is 1.07 bits per heavy atom. The van der Waals surface area contributed by atoms with Crippen molar-refractivity contribution in [3.63, 3.8) is 0 Å². The van der Waals surface area contributed by atoms with E-state index < -0.39 is 5.60 Å². The van der Waals surface area contributed by atoms with Crippen LogP contribution in [0.15, 0.2) is 35.1 Å². The summed E-state index contributed by atoms with van der Waals surface area (Å²) in [6.07, 6.45) is 15.6. The first-order valence-corrected chi connectivity index (χ1v) is 12.1. The Balaban J connectivity index is 1.54. The van der Waals surface area contributed by atoms with Gasteiger partial charge in [-0.05, 0) is 99.5 Å². The predicted molar refractivity (Wildman–Crippen MR) is 116 cm³/mol. The molecule has 154 valence electrons. The van der Waals surface area contributed by atoms with Crippen LogP contribution in [0.5, 0.6) is 0 Å². The van der Waals surface area contributed by atoms with E-state index in [-0.39, 0.29) is 5.41 Å². The Morgan fingerprint density at radius 2 is 1.86 bits per heavy atom. The molecule has 0 amide bonds. The highest BCUT2D eigenvalue weighted by Gasteiger charge is 2.61. The molecule has 0 bridgehead atoms. The van der Waals surface area contributed by atoms with Crippen molar-refractivity contribution in [2.24, 2.45) is 23.2 Å². The molecule has 0 aromatic rings. The molecule has 1 N–H and O–H groups in total. The monoisotopic (exact) mass is 381 g/mol. The number of rotatable bonds is 3. The zero-order chi connectivity index (χ0) is 19.5. The number of allylic oxidation sites excluding steroid dienone is 4. The van der Waals surface area contributed by atoms with Crippen LogP contribution in [0, 0.1) is 23.2 Å². The molecule has 1 heterocycles. The SMILES string of the molecule is C=C1CCC2C3CCC4=C(CCC(N5CCCC5)=C4)C3C(O)(CC)C[C@]12CC. The van der Waals surface area contributed by atoms with Gasteiger partial charge in [0.2, 0.25) is 0 Å². The lowest BCUT2D eigenvalue weighted by atomic mass is 9.48. The molecule has 4 aliphatic carbocycles. The molecule has 2 nitrogen and oxygen atoms in total.